The highest BCUT2D eigenvalue weighted by Gasteiger charge is 2.21. The molecule has 0 saturated heterocycles. The molecule has 0 aromatic carbocycles. The summed E-state index contributed by atoms with van der Waals surface area (Å²) in [5, 5.41) is 6.16. The first-order valence-corrected chi connectivity index (χ1v) is 9.51. The van der Waals surface area contributed by atoms with Gasteiger partial charge in [0.25, 0.3) is 5.91 Å². The van der Waals surface area contributed by atoms with Gasteiger partial charge in [-0.2, -0.15) is 0 Å². The molecule has 1 saturated carbocycles. The average Bonchev–Trinajstić information content (AvgIpc) is 3.35. The molecule has 27 heavy (non-hydrogen) atoms. The van der Waals surface area contributed by atoms with Gasteiger partial charge in [-0.3, -0.25) is 9.79 Å². The second kappa shape index (κ2) is 13.0. The Kier molecular flexibility index (Phi) is 11.4. The van der Waals surface area contributed by atoms with Gasteiger partial charge in [-0.1, -0.05) is 0 Å². The van der Waals surface area contributed by atoms with Crippen LogP contribution in [0, 0.1) is 12.8 Å². The predicted molar refractivity (Wildman–Crippen MR) is 118 cm³/mol. The number of likely N-dealkylation sites (N-methyl/N-ethyl adjacent to an activating group) is 1. The van der Waals surface area contributed by atoms with E-state index in [2.05, 4.69) is 27.4 Å². The number of nitrogens with zero attached hydrogens (tertiary/aromatic N) is 2. The second-order valence-corrected chi connectivity index (χ2v) is 6.72. The molecule has 0 bridgehead atoms. The van der Waals surface area contributed by atoms with E-state index in [0.29, 0.717) is 18.8 Å². The Balaban J connectivity index is 0.00000364. The number of hydrogen-bond acceptors (Lipinski definition) is 4. The maximum Gasteiger partial charge on any atom is 0.287 e. The minimum Gasteiger partial charge on any atom is -0.459 e. The van der Waals surface area contributed by atoms with Crippen LogP contribution in [0.25, 0.3) is 0 Å². The molecule has 0 radical (unpaired) electrons. The number of ether oxygens (including phenoxy) is 1. The van der Waals surface area contributed by atoms with Crippen LogP contribution < -0.4 is 10.6 Å². The molecule has 1 aliphatic rings. The summed E-state index contributed by atoms with van der Waals surface area (Å²) in [6, 6.07) is 1.78. The van der Waals surface area contributed by atoms with Gasteiger partial charge in [-0.15, -0.1) is 24.0 Å². The van der Waals surface area contributed by atoms with Crippen molar-refractivity contribution in [2.45, 2.75) is 33.1 Å². The van der Waals surface area contributed by atoms with Crippen LogP contribution in [0.3, 0.4) is 0 Å². The van der Waals surface area contributed by atoms with E-state index in [1.807, 2.05) is 14.0 Å². The summed E-state index contributed by atoms with van der Waals surface area (Å²) >= 11 is 0. The summed E-state index contributed by atoms with van der Waals surface area (Å²) < 4.78 is 10.9. The van der Waals surface area contributed by atoms with Gasteiger partial charge >= 0.3 is 0 Å². The molecule has 1 fully saturated rings. The Morgan fingerprint density at radius 3 is 2.81 bits per heavy atom. The first-order chi connectivity index (χ1) is 12.6. The van der Waals surface area contributed by atoms with Gasteiger partial charge in [-0.05, 0) is 45.1 Å². The first kappa shape index (κ1) is 23.7. The molecular weight excluding hydrogens is 459 g/mol. The molecule has 2 rings (SSSR count). The molecule has 0 atom stereocenters. The topological polar surface area (TPSA) is 79.1 Å². The minimum absolute atomic E-state index is 0. The number of carbonyl (C=O) groups excluding carboxylic acids is 1. The van der Waals surface area contributed by atoms with Crippen LogP contribution in [0.2, 0.25) is 0 Å². The Morgan fingerprint density at radius 1 is 1.41 bits per heavy atom. The monoisotopic (exact) mass is 492 g/mol. The van der Waals surface area contributed by atoms with Crippen LogP contribution in [-0.4, -0.2) is 63.2 Å². The maximum atomic E-state index is 12.0. The number of furan rings is 1. The fourth-order valence-corrected chi connectivity index (χ4v) is 2.46. The van der Waals surface area contributed by atoms with Crippen molar-refractivity contribution in [1.82, 2.24) is 15.5 Å². The molecule has 1 heterocycles. The number of nitrogens with one attached hydrogen (secondary N) is 2. The number of aliphatic imine (C=N–C) groups is 1. The maximum absolute atomic E-state index is 12.0. The van der Waals surface area contributed by atoms with Gasteiger partial charge < -0.3 is 24.7 Å². The highest BCUT2D eigenvalue weighted by atomic mass is 127. The second-order valence-electron chi connectivity index (χ2n) is 6.72. The molecule has 7 nitrogen and oxygen atoms in total. The van der Waals surface area contributed by atoms with E-state index in [1.165, 1.54) is 19.1 Å². The highest BCUT2D eigenvalue weighted by molar-refractivity contribution is 14.0. The third-order valence-corrected chi connectivity index (χ3v) is 4.27. The quantitative estimate of drug-likeness (QED) is 0.215. The van der Waals surface area contributed by atoms with Gasteiger partial charge in [0.2, 0.25) is 0 Å². The zero-order valence-corrected chi connectivity index (χ0v) is 19.0. The van der Waals surface area contributed by atoms with E-state index >= 15 is 0 Å². The number of hydrogen-bond donors (Lipinski definition) is 2. The van der Waals surface area contributed by atoms with E-state index in [4.69, 9.17) is 9.15 Å². The van der Waals surface area contributed by atoms with E-state index in [1.54, 1.807) is 6.07 Å². The lowest BCUT2D eigenvalue weighted by molar-refractivity contribution is 0.0925. The number of aryl methyl sites for hydroxylation is 1. The first-order valence-electron chi connectivity index (χ1n) is 9.51. The van der Waals surface area contributed by atoms with Gasteiger partial charge in [0.15, 0.2) is 11.7 Å². The predicted octanol–water partition coefficient (Wildman–Crippen LogP) is 2.65. The van der Waals surface area contributed by atoms with Crippen LogP contribution in [0.4, 0.5) is 0 Å². The van der Waals surface area contributed by atoms with E-state index in [9.17, 15) is 4.79 Å². The van der Waals surface area contributed by atoms with E-state index < -0.39 is 0 Å². The van der Waals surface area contributed by atoms with Crippen molar-refractivity contribution in [3.8, 4) is 0 Å². The summed E-state index contributed by atoms with van der Waals surface area (Å²) in [5.41, 5.74) is 0.848. The Hall–Kier alpha value is -1.29. The lowest BCUT2D eigenvalue weighted by Crippen LogP contribution is -2.40. The highest BCUT2D eigenvalue weighted by Crippen LogP contribution is 2.28. The van der Waals surface area contributed by atoms with Crippen molar-refractivity contribution >= 4 is 35.8 Å². The third-order valence-electron chi connectivity index (χ3n) is 4.27. The number of halogens is 1. The molecule has 1 amide bonds. The number of guanidine groups is 1. The molecule has 0 unspecified atom stereocenters. The SMILES string of the molecule is CCNC(=NCCCNC(=O)c1occc1C)N(C)CCOCC1CC1.I. The molecule has 1 aromatic rings. The average molecular weight is 492 g/mol. The Morgan fingerprint density at radius 2 is 2.19 bits per heavy atom. The van der Waals surface area contributed by atoms with Crippen LogP contribution in [0.15, 0.2) is 21.7 Å². The lowest BCUT2D eigenvalue weighted by atomic mass is 10.2. The Bertz CT molecular complexity index is 587. The smallest absolute Gasteiger partial charge is 0.287 e. The van der Waals surface area contributed by atoms with Crippen molar-refractivity contribution in [1.29, 1.82) is 0 Å². The van der Waals surface area contributed by atoms with E-state index in [0.717, 1.165) is 50.2 Å². The third kappa shape index (κ3) is 8.96. The van der Waals surface area contributed by atoms with Crippen molar-refractivity contribution in [3.63, 3.8) is 0 Å². The van der Waals surface area contributed by atoms with Crippen LogP contribution in [-0.2, 0) is 4.74 Å². The van der Waals surface area contributed by atoms with Crippen molar-refractivity contribution in [2.24, 2.45) is 10.9 Å². The van der Waals surface area contributed by atoms with Gasteiger partial charge in [-0.25, -0.2) is 0 Å². The molecule has 0 spiro atoms. The largest absolute Gasteiger partial charge is 0.459 e. The minimum atomic E-state index is -0.173. The van der Waals surface area contributed by atoms with Crippen LogP contribution >= 0.6 is 24.0 Å². The molecular formula is C19H33IN4O3. The zero-order valence-electron chi connectivity index (χ0n) is 16.6. The summed E-state index contributed by atoms with van der Waals surface area (Å²) in [7, 11) is 2.02. The standard InChI is InChI=1S/C19H32N4O3.HI/c1-4-20-19(23(3)11-13-25-14-16-6-7-16)22-10-5-9-21-18(24)17-15(2)8-12-26-17;/h8,12,16H,4-7,9-11,13-14H2,1-3H3,(H,20,22)(H,21,24);1H. The van der Waals surface area contributed by atoms with Crippen molar-refractivity contribution in [2.75, 3.05) is 46.4 Å². The fraction of sp³-hybridized carbons (Fsp3) is 0.684. The summed E-state index contributed by atoms with van der Waals surface area (Å²) in [5.74, 6) is 1.87. The van der Waals surface area contributed by atoms with Gasteiger partial charge in [0.1, 0.15) is 0 Å². The van der Waals surface area contributed by atoms with Gasteiger partial charge in [0, 0.05) is 45.4 Å². The fourth-order valence-electron chi connectivity index (χ4n) is 2.46. The molecule has 0 aliphatic heterocycles. The van der Waals surface area contributed by atoms with Crippen molar-refractivity contribution < 1.29 is 13.9 Å². The van der Waals surface area contributed by atoms with Gasteiger partial charge in [0.05, 0.1) is 12.9 Å². The lowest BCUT2D eigenvalue weighted by Gasteiger charge is -2.22. The van der Waals surface area contributed by atoms with Crippen LogP contribution in [0.1, 0.15) is 42.3 Å². The number of rotatable bonds is 11. The van der Waals surface area contributed by atoms with Crippen LogP contribution in [0.5, 0.6) is 0 Å². The molecule has 8 heteroatoms. The summed E-state index contributed by atoms with van der Waals surface area (Å²) in [6.45, 7) is 8.36. The molecule has 1 aliphatic carbocycles. The molecule has 154 valence electrons. The molecule has 1 aromatic heterocycles. The van der Waals surface area contributed by atoms with E-state index in [-0.39, 0.29) is 29.9 Å². The molecule has 2 N–H and O–H groups in total. The number of carbonyl (C=O) groups is 1. The summed E-state index contributed by atoms with van der Waals surface area (Å²) in [6.07, 6.45) is 4.93. The van der Waals surface area contributed by atoms with Crippen molar-refractivity contribution in [3.05, 3.63) is 23.7 Å². The number of amides is 1. The zero-order chi connectivity index (χ0) is 18.8. The normalized spacial score (nSPS) is 13.8. The summed E-state index contributed by atoms with van der Waals surface area (Å²) in [4.78, 5) is 18.7. The Labute approximate surface area is 179 Å².